The highest BCUT2D eigenvalue weighted by atomic mass is 19.1. The van der Waals surface area contributed by atoms with Gasteiger partial charge in [-0.05, 0) is 99.8 Å². The number of fused-ring (bicyclic) bond motifs is 4. The van der Waals surface area contributed by atoms with E-state index in [9.17, 15) is 8.78 Å². The van der Waals surface area contributed by atoms with Crippen LogP contribution in [0.5, 0.6) is 0 Å². The third kappa shape index (κ3) is 4.98. The number of para-hydroxylation sites is 3. The van der Waals surface area contributed by atoms with Gasteiger partial charge in [0.1, 0.15) is 28.6 Å². The van der Waals surface area contributed by atoms with Gasteiger partial charge >= 0.3 is 0 Å². The molecule has 0 saturated heterocycles. The van der Waals surface area contributed by atoms with Crippen LogP contribution >= 0.6 is 0 Å². The number of imidazole rings is 1. The fourth-order valence-electron chi connectivity index (χ4n) is 6.92. The lowest BCUT2D eigenvalue weighted by molar-refractivity contribution is 0.584. The van der Waals surface area contributed by atoms with E-state index in [-0.39, 0.29) is 11.8 Å². The summed E-state index contributed by atoms with van der Waals surface area (Å²) < 4.78 is 37.1. The summed E-state index contributed by atoms with van der Waals surface area (Å²) in [7, 11) is 0. The van der Waals surface area contributed by atoms with Gasteiger partial charge in [-0.1, -0.05) is 88.4 Å². The Morgan fingerprint density at radius 3 is 1.96 bits per heavy atom. The minimum absolute atomic E-state index is 0.239. The van der Waals surface area contributed by atoms with E-state index in [1.54, 1.807) is 0 Å². The lowest BCUT2D eigenvalue weighted by Gasteiger charge is -2.24. The van der Waals surface area contributed by atoms with Gasteiger partial charge in [0.05, 0.1) is 22.3 Å². The van der Waals surface area contributed by atoms with Gasteiger partial charge in [0.25, 0.3) is 0 Å². The Morgan fingerprint density at radius 2 is 1.25 bits per heavy atom. The first kappa shape index (κ1) is 29.8. The molecule has 0 aliphatic carbocycles. The molecule has 0 unspecified atom stereocenters. The van der Waals surface area contributed by atoms with Crippen LogP contribution in [0.3, 0.4) is 0 Å². The first-order valence-corrected chi connectivity index (χ1v) is 16.4. The minimum Gasteiger partial charge on any atom is -0.455 e. The third-order valence-corrected chi connectivity index (χ3v) is 9.24. The number of benzene rings is 6. The molecule has 0 radical (unpaired) electrons. The number of hydrogen-bond acceptors (Lipinski definition) is 2. The zero-order chi connectivity index (χ0) is 33.1. The first-order chi connectivity index (χ1) is 23.3. The van der Waals surface area contributed by atoms with Crippen LogP contribution in [-0.2, 0) is 0 Å². The van der Waals surface area contributed by atoms with Gasteiger partial charge in [0, 0.05) is 16.8 Å². The van der Waals surface area contributed by atoms with Crippen molar-refractivity contribution in [3.63, 3.8) is 0 Å². The zero-order valence-electron chi connectivity index (χ0n) is 27.3. The summed E-state index contributed by atoms with van der Waals surface area (Å²) in [5.41, 5.74) is 11.3. The Hall–Kier alpha value is -5.55. The molecule has 6 aromatic carbocycles. The Balaban J connectivity index is 1.40. The quantitative estimate of drug-likeness (QED) is 0.183. The topological polar surface area (TPSA) is 31.0 Å². The van der Waals surface area contributed by atoms with Crippen LogP contribution in [0.4, 0.5) is 8.78 Å². The van der Waals surface area contributed by atoms with Crippen LogP contribution in [0.15, 0.2) is 126 Å². The minimum atomic E-state index is -0.616. The maximum atomic E-state index is 14.1. The second-order valence-electron chi connectivity index (χ2n) is 13.1. The van der Waals surface area contributed by atoms with Crippen LogP contribution in [0.25, 0.3) is 72.3 Å². The molecular weight excluding hydrogens is 598 g/mol. The highest BCUT2D eigenvalue weighted by Gasteiger charge is 2.25. The average Bonchev–Trinajstić information content (AvgIpc) is 3.65. The molecule has 8 rings (SSSR count). The molecule has 0 N–H and O–H groups in total. The van der Waals surface area contributed by atoms with Gasteiger partial charge in [0.2, 0.25) is 0 Å². The maximum absolute atomic E-state index is 14.1. The van der Waals surface area contributed by atoms with Crippen LogP contribution in [0.1, 0.15) is 50.7 Å². The third-order valence-electron chi connectivity index (χ3n) is 9.24. The number of halogens is 2. The molecule has 3 nitrogen and oxygen atoms in total. The van der Waals surface area contributed by atoms with E-state index >= 15 is 0 Å². The molecule has 0 aliphatic heterocycles. The van der Waals surface area contributed by atoms with Gasteiger partial charge in [-0.3, -0.25) is 4.57 Å². The molecule has 0 atom stereocenters. The monoisotopic (exact) mass is 632 g/mol. The van der Waals surface area contributed by atoms with E-state index < -0.39 is 11.6 Å². The van der Waals surface area contributed by atoms with E-state index in [0.29, 0.717) is 22.3 Å². The molecule has 236 valence electrons. The van der Waals surface area contributed by atoms with Gasteiger partial charge in [-0.25, -0.2) is 13.8 Å². The van der Waals surface area contributed by atoms with Crippen LogP contribution in [-0.4, -0.2) is 9.55 Å². The Bertz CT molecular complexity index is 2440. The van der Waals surface area contributed by atoms with E-state index in [2.05, 4.69) is 99.0 Å². The molecule has 0 bridgehead atoms. The summed E-state index contributed by atoms with van der Waals surface area (Å²) in [6.45, 7) is 8.99. The molecule has 0 amide bonds. The second-order valence-corrected chi connectivity index (χ2v) is 13.1. The summed E-state index contributed by atoms with van der Waals surface area (Å²) in [5, 5.41) is 1.87. The predicted molar refractivity (Wildman–Crippen MR) is 193 cm³/mol. The molecule has 2 heterocycles. The van der Waals surface area contributed by atoms with Crippen molar-refractivity contribution in [1.82, 2.24) is 9.55 Å². The number of rotatable bonds is 6. The highest BCUT2D eigenvalue weighted by Crippen LogP contribution is 2.43. The largest absolute Gasteiger partial charge is 0.455 e. The van der Waals surface area contributed by atoms with E-state index in [4.69, 9.17) is 9.40 Å². The molecule has 0 saturated carbocycles. The SMILES string of the molecule is CC(C)c1cc(-c2ccccc2)cc(C(C)C)c1-n1c(-c2cccc3c2oc2cc(-c4cc(F)cc(F)c4)ccc23)nc2ccccc21. The van der Waals surface area contributed by atoms with Gasteiger partial charge in [-0.2, -0.15) is 0 Å². The normalized spacial score (nSPS) is 11.9. The first-order valence-electron chi connectivity index (χ1n) is 16.4. The van der Waals surface area contributed by atoms with Crippen molar-refractivity contribution in [1.29, 1.82) is 0 Å². The number of furan rings is 1. The van der Waals surface area contributed by atoms with Gasteiger partial charge in [-0.15, -0.1) is 0 Å². The zero-order valence-corrected chi connectivity index (χ0v) is 27.3. The molecule has 0 aliphatic rings. The molecule has 2 aromatic heterocycles. The Morgan fingerprint density at radius 1 is 0.583 bits per heavy atom. The fourth-order valence-corrected chi connectivity index (χ4v) is 6.92. The van der Waals surface area contributed by atoms with Crippen molar-refractivity contribution in [3.8, 4) is 39.3 Å². The van der Waals surface area contributed by atoms with Gasteiger partial charge in [0.15, 0.2) is 0 Å². The van der Waals surface area contributed by atoms with Crippen LogP contribution < -0.4 is 0 Å². The number of aromatic nitrogens is 2. The van der Waals surface area contributed by atoms with Crippen molar-refractivity contribution in [2.24, 2.45) is 0 Å². The summed E-state index contributed by atoms with van der Waals surface area (Å²) in [6.07, 6.45) is 0. The molecule has 0 spiro atoms. The lowest BCUT2D eigenvalue weighted by Crippen LogP contribution is -2.09. The van der Waals surface area contributed by atoms with E-state index in [1.807, 2.05) is 36.4 Å². The fraction of sp³-hybridized carbons (Fsp3) is 0.140. The van der Waals surface area contributed by atoms with Gasteiger partial charge < -0.3 is 4.42 Å². The molecule has 8 aromatic rings. The lowest BCUT2D eigenvalue weighted by atomic mass is 9.88. The smallest absolute Gasteiger partial charge is 0.149 e. The van der Waals surface area contributed by atoms with Crippen molar-refractivity contribution in [3.05, 3.63) is 144 Å². The second kappa shape index (κ2) is 11.6. The Kier molecular flexibility index (Phi) is 7.21. The summed E-state index contributed by atoms with van der Waals surface area (Å²) >= 11 is 0. The summed E-state index contributed by atoms with van der Waals surface area (Å²) in [6, 6.07) is 38.9. The average molecular weight is 633 g/mol. The standard InChI is InChI=1S/C43H34F2N2O/c1-25(2)36-21-30(27-11-6-5-7-12-27)22-37(26(3)4)41(36)47-39-16-9-8-15-38(39)46-43(47)35-14-10-13-34-33-18-17-28(23-40(33)48-42(34)35)29-19-31(44)24-32(45)20-29/h5-26H,1-4H3. The van der Waals surface area contributed by atoms with Crippen molar-refractivity contribution in [2.75, 3.05) is 0 Å². The van der Waals surface area contributed by atoms with Crippen LogP contribution in [0, 0.1) is 11.6 Å². The van der Waals surface area contributed by atoms with Crippen molar-refractivity contribution < 1.29 is 13.2 Å². The van der Waals surface area contributed by atoms with Crippen LogP contribution in [0.2, 0.25) is 0 Å². The predicted octanol–water partition coefficient (Wildman–Crippen LogP) is 12.5. The van der Waals surface area contributed by atoms with E-state index in [1.165, 1.54) is 34.4 Å². The molecule has 48 heavy (non-hydrogen) atoms. The molecule has 0 fully saturated rings. The highest BCUT2D eigenvalue weighted by molar-refractivity contribution is 6.10. The number of nitrogens with zero attached hydrogens (tertiary/aromatic N) is 2. The summed E-state index contributed by atoms with van der Waals surface area (Å²) in [5.74, 6) is 0.0412. The molecular formula is C43H34F2N2O. The maximum Gasteiger partial charge on any atom is 0.149 e. The van der Waals surface area contributed by atoms with Crippen molar-refractivity contribution >= 4 is 33.0 Å². The Labute approximate surface area is 278 Å². The number of hydrogen-bond donors (Lipinski definition) is 0. The van der Waals surface area contributed by atoms with Crippen molar-refractivity contribution in [2.45, 2.75) is 39.5 Å². The molecule has 5 heteroatoms. The van der Waals surface area contributed by atoms with E-state index in [0.717, 1.165) is 44.9 Å². The summed E-state index contributed by atoms with van der Waals surface area (Å²) in [4.78, 5) is 5.27.